The van der Waals surface area contributed by atoms with Crippen molar-refractivity contribution in [3.63, 3.8) is 0 Å². The topological polar surface area (TPSA) is 72.4 Å². The zero-order valence-corrected chi connectivity index (χ0v) is 10.3. The van der Waals surface area contributed by atoms with Crippen LogP contribution in [0.1, 0.15) is 21.6 Å². The summed E-state index contributed by atoms with van der Waals surface area (Å²) in [5.41, 5.74) is 0.119. The van der Waals surface area contributed by atoms with Gasteiger partial charge in [0.15, 0.2) is 5.69 Å². The van der Waals surface area contributed by atoms with Crippen LogP contribution in [0.4, 0.5) is 0 Å². The molecule has 0 saturated heterocycles. The molecule has 2 rings (SSSR count). The van der Waals surface area contributed by atoms with E-state index in [2.05, 4.69) is 0 Å². The Balaban J connectivity index is 2.40. The van der Waals surface area contributed by atoms with Crippen LogP contribution >= 0.6 is 11.6 Å². The van der Waals surface area contributed by atoms with Crippen molar-refractivity contribution in [2.24, 2.45) is 0 Å². The van der Waals surface area contributed by atoms with Crippen molar-refractivity contribution in [1.82, 2.24) is 4.74 Å². The molecule has 1 aromatic carbocycles. The molecule has 0 bridgehead atoms. The molecular weight excluding hydrogens is 258 g/mol. The molecule has 94 valence electrons. The van der Waals surface area contributed by atoms with E-state index in [0.29, 0.717) is 5.02 Å². The zero-order chi connectivity index (χ0) is 13.3. The van der Waals surface area contributed by atoms with Crippen molar-refractivity contribution in [3.8, 4) is 0 Å². The highest BCUT2D eigenvalue weighted by molar-refractivity contribution is 6.30. The minimum Gasteiger partial charge on any atom is -0.476 e. The molecule has 6 heteroatoms. The normalized spacial score (nSPS) is 10.6. The maximum atomic E-state index is 11.3. The van der Waals surface area contributed by atoms with Gasteiger partial charge in [0.05, 0.1) is 12.1 Å². The summed E-state index contributed by atoms with van der Waals surface area (Å²) in [6.07, 6.45) is 0. The van der Waals surface area contributed by atoms with E-state index in [9.17, 15) is 9.59 Å². The Kier molecular flexibility index (Phi) is 3.25. The molecule has 1 aromatic heterocycles. The maximum Gasteiger partial charge on any atom is 0.361 e. The van der Waals surface area contributed by atoms with Crippen molar-refractivity contribution >= 4 is 17.6 Å². The lowest BCUT2D eigenvalue weighted by Gasteiger charge is -2.04. The molecule has 0 amide bonds. The van der Waals surface area contributed by atoms with Crippen LogP contribution in [-0.4, -0.2) is 15.8 Å². The van der Waals surface area contributed by atoms with Crippen LogP contribution in [0.3, 0.4) is 0 Å². The first-order chi connectivity index (χ1) is 8.49. The monoisotopic (exact) mass is 267 g/mol. The van der Waals surface area contributed by atoms with E-state index in [1.165, 1.54) is 6.92 Å². The second-order valence-corrected chi connectivity index (χ2v) is 4.26. The highest BCUT2D eigenvalue weighted by Crippen LogP contribution is 2.13. The maximum absolute atomic E-state index is 11.3. The van der Waals surface area contributed by atoms with E-state index >= 15 is 0 Å². The first kappa shape index (κ1) is 12.4. The summed E-state index contributed by atoms with van der Waals surface area (Å²) in [4.78, 5) is 22.4. The summed E-state index contributed by atoms with van der Waals surface area (Å²) < 4.78 is 5.96. The molecule has 18 heavy (non-hydrogen) atoms. The fraction of sp³-hybridized carbons (Fsp3) is 0.167. The molecule has 1 heterocycles. The summed E-state index contributed by atoms with van der Waals surface area (Å²) in [5.74, 6) is -1.19. The first-order valence-electron chi connectivity index (χ1n) is 5.17. The van der Waals surface area contributed by atoms with Gasteiger partial charge in [-0.1, -0.05) is 23.7 Å². The highest BCUT2D eigenvalue weighted by Gasteiger charge is 2.19. The summed E-state index contributed by atoms with van der Waals surface area (Å²) in [7, 11) is 0. The van der Waals surface area contributed by atoms with Crippen molar-refractivity contribution in [1.29, 1.82) is 0 Å². The quantitative estimate of drug-likeness (QED) is 0.925. The number of aromatic carboxylic acids is 1. The number of aromatic nitrogens is 1. The number of carbonyl (C=O) groups is 1. The Hall–Kier alpha value is -2.01. The number of benzene rings is 1. The molecule has 0 aliphatic rings. The minimum atomic E-state index is -1.19. The molecule has 0 radical (unpaired) electrons. The van der Waals surface area contributed by atoms with E-state index in [0.717, 1.165) is 10.3 Å². The number of hydrogen-bond acceptors (Lipinski definition) is 3. The van der Waals surface area contributed by atoms with Crippen LogP contribution in [0.25, 0.3) is 0 Å². The van der Waals surface area contributed by atoms with Crippen LogP contribution in [0.15, 0.2) is 33.6 Å². The number of halogens is 1. The number of carboxylic acids is 1. The van der Waals surface area contributed by atoms with Crippen LogP contribution in [0.2, 0.25) is 5.02 Å². The van der Waals surface area contributed by atoms with Gasteiger partial charge in [-0.15, -0.1) is 0 Å². The lowest BCUT2D eigenvalue weighted by atomic mass is 10.2. The number of hydrogen-bond donors (Lipinski definition) is 1. The first-order valence-corrected chi connectivity index (χ1v) is 5.55. The molecular formula is C12H10ClNO4. The fourth-order valence-corrected chi connectivity index (χ4v) is 1.76. The standard InChI is InChI=1S/C12H10ClNO4/c1-7-10(11(15)16)14(18-12(7)17)6-8-2-4-9(13)5-3-8/h2-5H,6H2,1H3,(H,15,16). The van der Waals surface area contributed by atoms with Crippen molar-refractivity contribution in [2.45, 2.75) is 13.5 Å². The summed E-state index contributed by atoms with van der Waals surface area (Å²) in [6.45, 7) is 1.59. The van der Waals surface area contributed by atoms with E-state index in [-0.39, 0.29) is 17.8 Å². The lowest BCUT2D eigenvalue weighted by molar-refractivity contribution is 0.0669. The van der Waals surface area contributed by atoms with Gasteiger partial charge in [-0.25, -0.2) is 9.59 Å². The predicted octanol–water partition coefficient (Wildman–Crippen LogP) is 2.15. The highest BCUT2D eigenvalue weighted by atomic mass is 35.5. The van der Waals surface area contributed by atoms with E-state index < -0.39 is 11.6 Å². The largest absolute Gasteiger partial charge is 0.476 e. The SMILES string of the molecule is Cc1c(C(=O)O)n(Cc2ccc(Cl)cc2)oc1=O. The van der Waals surface area contributed by atoms with Crippen LogP contribution < -0.4 is 5.63 Å². The molecule has 0 spiro atoms. The van der Waals surface area contributed by atoms with E-state index in [1.807, 2.05) is 0 Å². The fourth-order valence-electron chi connectivity index (χ4n) is 1.63. The van der Waals surface area contributed by atoms with Crippen LogP contribution in [0, 0.1) is 6.92 Å². The third-order valence-electron chi connectivity index (χ3n) is 2.55. The number of nitrogens with zero attached hydrogens (tertiary/aromatic N) is 1. The zero-order valence-electron chi connectivity index (χ0n) is 9.51. The van der Waals surface area contributed by atoms with Crippen molar-refractivity contribution < 1.29 is 14.4 Å². The molecule has 0 aliphatic carbocycles. The third kappa shape index (κ3) is 2.31. The van der Waals surface area contributed by atoms with E-state index in [1.54, 1.807) is 24.3 Å². The molecule has 0 unspecified atom stereocenters. The Morgan fingerprint density at radius 2 is 2.00 bits per heavy atom. The molecule has 0 fully saturated rings. The molecule has 1 N–H and O–H groups in total. The second-order valence-electron chi connectivity index (χ2n) is 3.82. The minimum absolute atomic E-state index is 0.0939. The smallest absolute Gasteiger partial charge is 0.361 e. The Morgan fingerprint density at radius 1 is 1.39 bits per heavy atom. The van der Waals surface area contributed by atoms with Crippen LogP contribution in [0.5, 0.6) is 0 Å². The van der Waals surface area contributed by atoms with Gasteiger partial charge in [0.25, 0.3) is 0 Å². The van der Waals surface area contributed by atoms with Gasteiger partial charge in [0, 0.05) is 5.02 Å². The molecule has 5 nitrogen and oxygen atoms in total. The van der Waals surface area contributed by atoms with Gasteiger partial charge >= 0.3 is 11.6 Å². The predicted molar refractivity (Wildman–Crippen MR) is 65.2 cm³/mol. The number of rotatable bonds is 3. The van der Waals surface area contributed by atoms with Gasteiger partial charge in [0.2, 0.25) is 0 Å². The molecule has 0 atom stereocenters. The van der Waals surface area contributed by atoms with Gasteiger partial charge in [-0.05, 0) is 24.6 Å². The van der Waals surface area contributed by atoms with Gasteiger partial charge in [0.1, 0.15) is 0 Å². The van der Waals surface area contributed by atoms with E-state index in [4.69, 9.17) is 21.2 Å². The van der Waals surface area contributed by atoms with Crippen LogP contribution in [-0.2, 0) is 6.54 Å². The summed E-state index contributed by atoms with van der Waals surface area (Å²) in [5, 5.41) is 9.63. The Morgan fingerprint density at radius 3 is 2.56 bits per heavy atom. The lowest BCUT2D eigenvalue weighted by Crippen LogP contribution is -2.10. The Labute approximate surface area is 107 Å². The average molecular weight is 268 g/mol. The summed E-state index contributed by atoms with van der Waals surface area (Å²) in [6, 6.07) is 6.85. The van der Waals surface area contributed by atoms with Crippen molar-refractivity contribution in [3.05, 3.63) is 56.5 Å². The summed E-state index contributed by atoms with van der Waals surface area (Å²) >= 11 is 5.75. The van der Waals surface area contributed by atoms with Gasteiger partial charge < -0.3 is 9.63 Å². The second kappa shape index (κ2) is 4.70. The third-order valence-corrected chi connectivity index (χ3v) is 2.80. The molecule has 0 aliphatic heterocycles. The molecule has 0 saturated carbocycles. The van der Waals surface area contributed by atoms with Crippen molar-refractivity contribution in [2.75, 3.05) is 0 Å². The number of carboxylic acid groups (broad SMARTS) is 1. The Bertz CT molecular complexity index is 639. The average Bonchev–Trinajstić information content (AvgIpc) is 2.58. The van der Waals surface area contributed by atoms with Gasteiger partial charge in [-0.2, -0.15) is 4.74 Å². The van der Waals surface area contributed by atoms with Gasteiger partial charge in [-0.3, -0.25) is 0 Å². The molecule has 2 aromatic rings.